The van der Waals surface area contributed by atoms with Crippen LogP contribution in [0.3, 0.4) is 0 Å². The van der Waals surface area contributed by atoms with E-state index >= 15 is 0 Å². The minimum atomic E-state index is -0.182. The average molecular weight is 541 g/mol. The van der Waals surface area contributed by atoms with Gasteiger partial charge in [-0.15, -0.1) is 0 Å². The molecule has 0 fully saturated rings. The number of H-pyrrole nitrogens is 1. The van der Waals surface area contributed by atoms with Crippen molar-refractivity contribution in [2.75, 3.05) is 12.3 Å². The first kappa shape index (κ1) is 23.5. The summed E-state index contributed by atoms with van der Waals surface area (Å²) in [5.41, 5.74) is 3.10. The number of halogens is 1. The third kappa shape index (κ3) is 6.01. The lowest BCUT2D eigenvalue weighted by atomic mass is 10.1. The van der Waals surface area contributed by atoms with E-state index in [9.17, 15) is 9.59 Å². The summed E-state index contributed by atoms with van der Waals surface area (Å²) in [4.78, 5) is 28.7. The molecule has 1 aromatic heterocycles. The van der Waals surface area contributed by atoms with Gasteiger partial charge in [-0.1, -0.05) is 58.4 Å². The predicted molar refractivity (Wildman–Crippen MR) is 142 cm³/mol. The Bertz CT molecular complexity index is 1400. The number of thioether (sulfide) groups is 1. The van der Waals surface area contributed by atoms with E-state index in [4.69, 9.17) is 12.2 Å². The van der Waals surface area contributed by atoms with Crippen LogP contribution >= 0.6 is 39.9 Å². The standard InChI is InChI=1S/C25H22BrN3O2S2/c26-20-8-4-7-18(13-20)15-29-24(31)21-10-9-19(14-22(21)28-25(29)32)23(30)27-11-12-33-16-17-5-2-1-3-6-17/h1-10,13-14H,11-12,15-16H2,(H,27,30)(H,28,32). The molecule has 1 heterocycles. The molecule has 33 heavy (non-hydrogen) atoms. The maximum Gasteiger partial charge on any atom is 0.262 e. The summed E-state index contributed by atoms with van der Waals surface area (Å²) in [6, 6.07) is 23.0. The van der Waals surface area contributed by atoms with Gasteiger partial charge >= 0.3 is 0 Å². The Labute approximate surface area is 209 Å². The van der Waals surface area contributed by atoms with E-state index in [1.165, 1.54) is 10.1 Å². The van der Waals surface area contributed by atoms with Crippen LogP contribution < -0.4 is 10.9 Å². The van der Waals surface area contributed by atoms with Crippen molar-refractivity contribution in [2.45, 2.75) is 12.3 Å². The molecule has 0 aliphatic rings. The minimum Gasteiger partial charge on any atom is -0.351 e. The maximum atomic E-state index is 13.0. The number of amides is 1. The number of nitrogens with zero attached hydrogens (tertiary/aromatic N) is 1. The van der Waals surface area contributed by atoms with Gasteiger partial charge in [-0.2, -0.15) is 11.8 Å². The molecule has 2 N–H and O–H groups in total. The van der Waals surface area contributed by atoms with Crippen molar-refractivity contribution in [1.29, 1.82) is 0 Å². The first-order valence-corrected chi connectivity index (χ1v) is 12.8. The molecule has 168 valence electrons. The number of hydrogen-bond donors (Lipinski definition) is 2. The van der Waals surface area contributed by atoms with E-state index in [2.05, 4.69) is 38.4 Å². The lowest BCUT2D eigenvalue weighted by Crippen LogP contribution is -2.26. The third-order valence-corrected chi connectivity index (χ3v) is 6.96. The lowest BCUT2D eigenvalue weighted by molar-refractivity contribution is 0.0956. The molecule has 1 amide bonds. The fourth-order valence-corrected chi connectivity index (χ4v) is 4.98. The quantitative estimate of drug-likeness (QED) is 0.228. The monoisotopic (exact) mass is 539 g/mol. The first-order chi connectivity index (χ1) is 16.0. The number of nitrogens with one attached hydrogen (secondary N) is 2. The molecule has 0 bridgehead atoms. The number of carbonyl (C=O) groups excluding carboxylic acids is 1. The number of carbonyl (C=O) groups is 1. The fourth-order valence-electron chi connectivity index (χ4n) is 3.46. The van der Waals surface area contributed by atoms with Gasteiger partial charge in [-0.3, -0.25) is 14.2 Å². The second kappa shape index (κ2) is 11.0. The van der Waals surface area contributed by atoms with Crippen molar-refractivity contribution in [3.05, 3.63) is 109 Å². The number of fused-ring (bicyclic) bond motifs is 1. The Kier molecular flexibility index (Phi) is 7.80. The van der Waals surface area contributed by atoms with Crippen molar-refractivity contribution in [1.82, 2.24) is 14.9 Å². The summed E-state index contributed by atoms with van der Waals surface area (Å²) in [7, 11) is 0. The van der Waals surface area contributed by atoms with Gasteiger partial charge in [0, 0.05) is 28.1 Å². The van der Waals surface area contributed by atoms with E-state index in [0.717, 1.165) is 21.5 Å². The smallest absolute Gasteiger partial charge is 0.262 e. The highest BCUT2D eigenvalue weighted by atomic mass is 79.9. The van der Waals surface area contributed by atoms with E-state index in [-0.39, 0.29) is 11.5 Å². The van der Waals surface area contributed by atoms with Gasteiger partial charge in [-0.05, 0) is 53.7 Å². The largest absolute Gasteiger partial charge is 0.351 e. The molecule has 0 saturated heterocycles. The van der Waals surface area contributed by atoms with E-state index in [0.29, 0.717) is 34.3 Å². The summed E-state index contributed by atoms with van der Waals surface area (Å²) < 4.78 is 2.79. The van der Waals surface area contributed by atoms with Crippen LogP contribution in [-0.2, 0) is 12.3 Å². The summed E-state index contributed by atoms with van der Waals surface area (Å²) in [5.74, 6) is 1.56. The molecule has 3 aromatic carbocycles. The van der Waals surface area contributed by atoms with Gasteiger partial charge in [0.1, 0.15) is 0 Å². The predicted octanol–water partition coefficient (Wildman–Crippen LogP) is 5.53. The highest BCUT2D eigenvalue weighted by molar-refractivity contribution is 9.10. The van der Waals surface area contributed by atoms with Gasteiger partial charge in [0.05, 0.1) is 17.4 Å². The first-order valence-electron chi connectivity index (χ1n) is 10.4. The highest BCUT2D eigenvalue weighted by Crippen LogP contribution is 2.15. The fraction of sp³-hybridized carbons (Fsp3) is 0.160. The molecule has 4 aromatic rings. The van der Waals surface area contributed by atoms with Crippen LogP contribution in [0.25, 0.3) is 10.9 Å². The van der Waals surface area contributed by atoms with Crippen molar-refractivity contribution < 1.29 is 4.79 Å². The SMILES string of the molecule is O=C(NCCSCc1ccccc1)c1ccc2c(=O)n(Cc3cccc(Br)c3)c(=S)[nH]c2c1. The number of benzene rings is 3. The number of aromatic amines is 1. The summed E-state index contributed by atoms with van der Waals surface area (Å²) >= 11 is 10.7. The summed E-state index contributed by atoms with van der Waals surface area (Å²) in [5, 5.41) is 3.44. The topological polar surface area (TPSA) is 66.9 Å². The Morgan fingerprint density at radius 2 is 1.82 bits per heavy atom. The molecule has 4 rings (SSSR count). The van der Waals surface area contributed by atoms with Crippen molar-refractivity contribution >= 4 is 56.7 Å². The molecule has 8 heteroatoms. The van der Waals surface area contributed by atoms with Crippen molar-refractivity contribution in [3.63, 3.8) is 0 Å². The molecule has 5 nitrogen and oxygen atoms in total. The number of hydrogen-bond acceptors (Lipinski definition) is 4. The zero-order valence-electron chi connectivity index (χ0n) is 17.7. The van der Waals surface area contributed by atoms with E-state index in [1.54, 1.807) is 30.0 Å². The second-order valence-corrected chi connectivity index (χ2v) is 9.91. The molecule has 0 aliphatic carbocycles. The molecule has 0 radical (unpaired) electrons. The van der Waals surface area contributed by atoms with E-state index in [1.807, 2.05) is 42.5 Å². The Morgan fingerprint density at radius 1 is 1.03 bits per heavy atom. The van der Waals surface area contributed by atoms with Crippen molar-refractivity contribution in [3.8, 4) is 0 Å². The summed E-state index contributed by atoms with van der Waals surface area (Å²) in [6.07, 6.45) is 0. The average Bonchev–Trinajstić information content (AvgIpc) is 2.82. The van der Waals surface area contributed by atoms with Crippen LogP contribution in [0, 0.1) is 4.77 Å². The Balaban J connectivity index is 1.42. The molecular formula is C25H22BrN3O2S2. The van der Waals surface area contributed by atoms with Crippen LogP contribution in [0.1, 0.15) is 21.5 Å². The van der Waals surface area contributed by atoms with Gasteiger partial charge in [0.2, 0.25) is 0 Å². The highest BCUT2D eigenvalue weighted by Gasteiger charge is 2.11. The van der Waals surface area contributed by atoms with Gasteiger partial charge < -0.3 is 10.3 Å². The lowest BCUT2D eigenvalue weighted by Gasteiger charge is -2.10. The molecule has 0 spiro atoms. The molecule has 0 saturated carbocycles. The van der Waals surface area contributed by atoms with Crippen LogP contribution in [0.15, 0.2) is 82.1 Å². The zero-order valence-corrected chi connectivity index (χ0v) is 20.9. The third-order valence-electron chi connectivity index (χ3n) is 5.12. The normalized spacial score (nSPS) is 10.9. The minimum absolute atomic E-state index is 0.171. The van der Waals surface area contributed by atoms with Crippen LogP contribution in [0.2, 0.25) is 0 Å². The molecule has 0 aliphatic heterocycles. The van der Waals surface area contributed by atoms with Crippen molar-refractivity contribution in [2.24, 2.45) is 0 Å². The van der Waals surface area contributed by atoms with E-state index < -0.39 is 0 Å². The van der Waals surface area contributed by atoms with Crippen LogP contribution in [0.5, 0.6) is 0 Å². The summed E-state index contributed by atoms with van der Waals surface area (Å²) in [6.45, 7) is 0.936. The zero-order chi connectivity index (χ0) is 23.2. The molecule has 0 atom stereocenters. The van der Waals surface area contributed by atoms with Gasteiger partial charge in [0.25, 0.3) is 11.5 Å². The van der Waals surface area contributed by atoms with Crippen LogP contribution in [-0.4, -0.2) is 27.8 Å². The number of rotatable bonds is 8. The second-order valence-electron chi connectivity index (χ2n) is 7.51. The van der Waals surface area contributed by atoms with Gasteiger partial charge in [0.15, 0.2) is 4.77 Å². The Hall–Kier alpha value is -2.68. The maximum absolute atomic E-state index is 13.0. The molecule has 0 unspecified atom stereocenters. The van der Waals surface area contributed by atoms with Crippen LogP contribution in [0.4, 0.5) is 0 Å². The van der Waals surface area contributed by atoms with Gasteiger partial charge in [-0.25, -0.2) is 0 Å². The molecular weight excluding hydrogens is 518 g/mol. The number of aromatic nitrogens is 2. The Morgan fingerprint density at radius 3 is 2.61 bits per heavy atom.